The monoisotopic (exact) mass is 393 g/mol. The molecule has 150 valence electrons. The van der Waals surface area contributed by atoms with Gasteiger partial charge in [0.1, 0.15) is 5.41 Å². The Morgan fingerprint density at radius 2 is 1.48 bits per heavy atom. The summed E-state index contributed by atoms with van der Waals surface area (Å²) in [4.78, 5) is 12.4. The molecule has 2 fully saturated rings. The molecule has 1 aromatic carbocycles. The first kappa shape index (κ1) is 20.0. The van der Waals surface area contributed by atoms with E-state index in [-0.39, 0.29) is 24.8 Å². The van der Waals surface area contributed by atoms with Crippen molar-refractivity contribution in [1.29, 1.82) is 0 Å². The van der Waals surface area contributed by atoms with Crippen molar-refractivity contribution in [3.8, 4) is 0 Å². The molecule has 0 unspecified atom stereocenters. The van der Waals surface area contributed by atoms with Crippen molar-refractivity contribution in [1.82, 2.24) is 5.32 Å². The molecule has 2 aliphatic rings. The number of carbonyl (C=O) groups excluding carboxylic acids is 1. The molecule has 0 aliphatic heterocycles. The summed E-state index contributed by atoms with van der Waals surface area (Å²) in [5, 5.41) is 2.53. The number of hydrogen-bond donors (Lipinski definition) is 1. The highest BCUT2D eigenvalue weighted by molar-refractivity contribution is 5.84. The Balaban J connectivity index is 1.59. The van der Waals surface area contributed by atoms with Gasteiger partial charge >= 0.3 is 12.4 Å². The zero-order valence-corrected chi connectivity index (χ0v) is 14.6. The molecule has 2 nitrogen and oxygen atoms in total. The Hall–Kier alpha value is -1.73. The fraction of sp³-hybridized carbons (Fsp3) is 0.632. The number of nitrogens with one attached hydrogen (secondary N) is 1. The summed E-state index contributed by atoms with van der Waals surface area (Å²) in [6.07, 6.45) is -7.01. The van der Waals surface area contributed by atoms with Crippen LogP contribution in [0, 0.1) is 5.41 Å². The molecule has 2 saturated carbocycles. The summed E-state index contributed by atoms with van der Waals surface area (Å²) < 4.78 is 78.4. The van der Waals surface area contributed by atoms with Crippen molar-refractivity contribution in [3.05, 3.63) is 35.4 Å². The first-order valence-electron chi connectivity index (χ1n) is 9.08. The van der Waals surface area contributed by atoms with E-state index >= 15 is 0 Å². The van der Waals surface area contributed by atoms with Gasteiger partial charge in [-0.25, -0.2) is 0 Å². The minimum absolute atomic E-state index is 0.0502. The molecule has 1 N–H and O–H groups in total. The second-order valence-corrected chi connectivity index (χ2v) is 7.60. The normalized spacial score (nSPS) is 25.6. The molecular formula is C19H21F6NO. The third kappa shape index (κ3) is 3.94. The molecule has 3 rings (SSSR count). The standard InChI is InChI=1S/C19H21F6NO/c20-18(21,22)14-6-4-12(5-7-14)13-10-15(11-13)26-16(27)17(19(23,24)25)8-2-1-3-9-17/h4-7,13,15H,1-3,8-11H2,(H,26,27). The molecule has 0 radical (unpaired) electrons. The molecule has 2 aliphatic carbocycles. The van der Waals surface area contributed by atoms with E-state index in [2.05, 4.69) is 5.32 Å². The van der Waals surface area contributed by atoms with Gasteiger partial charge in [0.15, 0.2) is 0 Å². The van der Waals surface area contributed by atoms with Crippen LogP contribution >= 0.6 is 0 Å². The van der Waals surface area contributed by atoms with Crippen LogP contribution in [0.4, 0.5) is 26.3 Å². The molecular weight excluding hydrogens is 372 g/mol. The number of hydrogen-bond acceptors (Lipinski definition) is 1. The van der Waals surface area contributed by atoms with Crippen molar-refractivity contribution in [2.75, 3.05) is 0 Å². The van der Waals surface area contributed by atoms with E-state index in [0.717, 1.165) is 12.1 Å². The first-order valence-corrected chi connectivity index (χ1v) is 9.08. The predicted octanol–water partition coefficient (Wildman–Crippen LogP) is 5.58. The quantitative estimate of drug-likeness (QED) is 0.668. The Bertz CT molecular complexity index is 667. The lowest BCUT2D eigenvalue weighted by Gasteiger charge is -2.42. The summed E-state index contributed by atoms with van der Waals surface area (Å²) in [5.74, 6) is -1.00. The Morgan fingerprint density at radius 3 is 1.96 bits per heavy atom. The van der Waals surface area contributed by atoms with Crippen LogP contribution in [0.2, 0.25) is 0 Å². The smallest absolute Gasteiger partial charge is 0.353 e. The fourth-order valence-corrected chi connectivity index (χ4v) is 4.07. The van der Waals surface area contributed by atoms with Crippen LogP contribution in [-0.4, -0.2) is 18.1 Å². The second kappa shape index (κ2) is 7.02. The summed E-state index contributed by atoms with van der Waals surface area (Å²) in [6, 6.07) is 4.42. The van der Waals surface area contributed by atoms with Gasteiger partial charge in [-0.05, 0) is 49.3 Å². The van der Waals surface area contributed by atoms with Gasteiger partial charge in [0.05, 0.1) is 5.56 Å². The van der Waals surface area contributed by atoms with E-state index in [1.54, 1.807) is 0 Å². The van der Waals surface area contributed by atoms with Crippen molar-refractivity contribution in [2.45, 2.75) is 69.3 Å². The number of alkyl halides is 6. The minimum Gasteiger partial charge on any atom is -0.353 e. The highest BCUT2D eigenvalue weighted by Gasteiger charge is 2.60. The van der Waals surface area contributed by atoms with Crippen molar-refractivity contribution in [3.63, 3.8) is 0 Å². The van der Waals surface area contributed by atoms with Crippen molar-refractivity contribution >= 4 is 5.91 Å². The Kier molecular flexibility index (Phi) is 5.20. The molecule has 27 heavy (non-hydrogen) atoms. The summed E-state index contributed by atoms with van der Waals surface area (Å²) >= 11 is 0. The van der Waals surface area contributed by atoms with Crippen LogP contribution in [0.15, 0.2) is 24.3 Å². The molecule has 0 bridgehead atoms. The molecule has 0 spiro atoms. The van der Waals surface area contributed by atoms with E-state index in [1.807, 2.05) is 0 Å². The van der Waals surface area contributed by atoms with Gasteiger partial charge in [0, 0.05) is 6.04 Å². The van der Waals surface area contributed by atoms with Crippen LogP contribution in [0.3, 0.4) is 0 Å². The van der Waals surface area contributed by atoms with E-state index in [4.69, 9.17) is 0 Å². The average molecular weight is 393 g/mol. The number of benzene rings is 1. The van der Waals surface area contributed by atoms with Gasteiger partial charge in [-0.3, -0.25) is 4.79 Å². The summed E-state index contributed by atoms with van der Waals surface area (Å²) in [5.41, 5.74) is -2.33. The van der Waals surface area contributed by atoms with Gasteiger partial charge < -0.3 is 5.32 Å². The zero-order valence-electron chi connectivity index (χ0n) is 14.6. The number of halogens is 6. The van der Waals surface area contributed by atoms with Gasteiger partial charge in [-0.1, -0.05) is 31.4 Å². The largest absolute Gasteiger partial charge is 0.416 e. The lowest BCUT2D eigenvalue weighted by molar-refractivity contribution is -0.230. The third-order valence-electron chi connectivity index (χ3n) is 5.87. The Labute approximate surface area is 153 Å². The van der Waals surface area contributed by atoms with Crippen LogP contribution in [0.25, 0.3) is 0 Å². The van der Waals surface area contributed by atoms with E-state index < -0.39 is 29.2 Å². The van der Waals surface area contributed by atoms with E-state index in [9.17, 15) is 31.1 Å². The first-order chi connectivity index (χ1) is 12.5. The lowest BCUT2D eigenvalue weighted by Crippen LogP contribution is -2.56. The van der Waals surface area contributed by atoms with Crippen LogP contribution in [-0.2, 0) is 11.0 Å². The molecule has 1 aromatic rings. The SMILES string of the molecule is O=C(NC1CC(c2ccc(C(F)(F)F)cc2)C1)C1(C(F)(F)F)CCCCC1. The molecule has 0 saturated heterocycles. The van der Waals surface area contributed by atoms with Crippen molar-refractivity contribution < 1.29 is 31.1 Å². The molecule has 0 atom stereocenters. The van der Waals surface area contributed by atoms with E-state index in [1.165, 1.54) is 12.1 Å². The topological polar surface area (TPSA) is 29.1 Å². The number of carbonyl (C=O) groups is 1. The maximum atomic E-state index is 13.5. The minimum atomic E-state index is -4.58. The van der Waals surface area contributed by atoms with Crippen LogP contribution in [0.5, 0.6) is 0 Å². The molecule has 0 heterocycles. The molecule has 0 aromatic heterocycles. The van der Waals surface area contributed by atoms with Gasteiger partial charge in [-0.15, -0.1) is 0 Å². The molecule has 8 heteroatoms. The third-order valence-corrected chi connectivity index (χ3v) is 5.87. The summed E-state index contributed by atoms with van der Waals surface area (Å²) in [7, 11) is 0. The lowest BCUT2D eigenvalue weighted by atomic mass is 9.71. The fourth-order valence-electron chi connectivity index (χ4n) is 4.07. The number of rotatable bonds is 3. The average Bonchev–Trinajstić information content (AvgIpc) is 2.56. The van der Waals surface area contributed by atoms with Crippen LogP contribution < -0.4 is 5.32 Å². The van der Waals surface area contributed by atoms with Gasteiger partial charge in [0.25, 0.3) is 0 Å². The van der Waals surface area contributed by atoms with Crippen LogP contribution in [0.1, 0.15) is 62.0 Å². The zero-order chi connectivity index (χ0) is 19.9. The maximum Gasteiger partial charge on any atom is 0.416 e. The van der Waals surface area contributed by atoms with Gasteiger partial charge in [-0.2, -0.15) is 26.3 Å². The summed E-state index contributed by atoms with van der Waals surface area (Å²) in [6.45, 7) is 0. The highest BCUT2D eigenvalue weighted by Crippen LogP contribution is 2.50. The van der Waals surface area contributed by atoms with Gasteiger partial charge in [0.2, 0.25) is 5.91 Å². The van der Waals surface area contributed by atoms with Crippen molar-refractivity contribution in [2.24, 2.45) is 5.41 Å². The van der Waals surface area contributed by atoms with E-state index in [0.29, 0.717) is 37.7 Å². The predicted molar refractivity (Wildman–Crippen MR) is 86.9 cm³/mol. The Morgan fingerprint density at radius 1 is 0.926 bits per heavy atom. The number of amides is 1. The highest BCUT2D eigenvalue weighted by atomic mass is 19.4. The second-order valence-electron chi connectivity index (χ2n) is 7.60. The maximum absolute atomic E-state index is 13.5. The molecule has 1 amide bonds.